The number of aromatic amines is 1. The zero-order valence-corrected chi connectivity index (χ0v) is 18.9. The minimum absolute atomic E-state index is 0.112. The zero-order chi connectivity index (χ0) is 24.1. The third kappa shape index (κ3) is 3.67. The predicted octanol–water partition coefficient (Wildman–Crippen LogP) is 3.24. The van der Waals surface area contributed by atoms with Crippen LogP contribution in [0.3, 0.4) is 0 Å². The number of ether oxygens (including phenoxy) is 2. The lowest BCUT2D eigenvalue weighted by Crippen LogP contribution is -2.19. The van der Waals surface area contributed by atoms with Gasteiger partial charge in [-0.3, -0.25) is 14.6 Å². The molecule has 5 aromatic rings. The quantitative estimate of drug-likeness (QED) is 0.396. The number of hydrogen-bond donors (Lipinski definition) is 2. The van der Waals surface area contributed by atoms with Crippen LogP contribution >= 0.6 is 11.6 Å². The van der Waals surface area contributed by atoms with Crippen molar-refractivity contribution in [3.05, 3.63) is 81.4 Å². The Bertz CT molecular complexity index is 1670. The second-order valence-electron chi connectivity index (χ2n) is 7.76. The number of carbonyl (C=O) groups excluding carboxylic acids is 1. The summed E-state index contributed by atoms with van der Waals surface area (Å²) in [6.45, 7) is 1.88. The van der Waals surface area contributed by atoms with Crippen LogP contribution in [-0.2, 0) is 0 Å². The summed E-state index contributed by atoms with van der Waals surface area (Å²) in [7, 11) is 0. The maximum Gasteiger partial charge on any atom is 0.263 e. The number of amides is 1. The molecular formula is C23H16ClN7O4. The summed E-state index contributed by atoms with van der Waals surface area (Å²) in [5, 5.41) is 12.4. The molecule has 0 spiro atoms. The second-order valence-corrected chi connectivity index (χ2v) is 8.20. The number of aromatic nitrogens is 6. The van der Waals surface area contributed by atoms with Crippen LogP contribution in [0.5, 0.6) is 11.5 Å². The van der Waals surface area contributed by atoms with Crippen LogP contribution in [0.15, 0.2) is 59.5 Å². The summed E-state index contributed by atoms with van der Waals surface area (Å²) >= 11 is 6.00. The summed E-state index contributed by atoms with van der Waals surface area (Å²) in [5.74, 6) is 1.13. The minimum atomic E-state index is -0.397. The van der Waals surface area contributed by atoms with Gasteiger partial charge in [-0.05, 0) is 49.4 Å². The molecule has 0 saturated carbocycles. The van der Waals surface area contributed by atoms with E-state index in [1.165, 1.54) is 15.6 Å². The van der Waals surface area contributed by atoms with Gasteiger partial charge in [0.15, 0.2) is 17.1 Å². The highest BCUT2D eigenvalue weighted by Crippen LogP contribution is 2.32. The van der Waals surface area contributed by atoms with Crippen molar-refractivity contribution in [2.75, 3.05) is 12.1 Å². The third-order valence-corrected chi connectivity index (χ3v) is 5.66. The van der Waals surface area contributed by atoms with Gasteiger partial charge in [-0.2, -0.15) is 19.9 Å². The van der Waals surface area contributed by atoms with Crippen molar-refractivity contribution in [3.8, 4) is 23.1 Å². The number of nitrogens with zero attached hydrogens (tertiary/aromatic N) is 5. The summed E-state index contributed by atoms with van der Waals surface area (Å²) in [5.41, 5.74) is 1.59. The van der Waals surface area contributed by atoms with Gasteiger partial charge < -0.3 is 14.8 Å². The fourth-order valence-corrected chi connectivity index (χ4v) is 3.88. The molecule has 0 aliphatic carbocycles. The highest BCUT2D eigenvalue weighted by atomic mass is 35.5. The van der Waals surface area contributed by atoms with Crippen LogP contribution in [0, 0.1) is 6.92 Å². The third-order valence-electron chi connectivity index (χ3n) is 5.41. The molecular weight excluding hydrogens is 474 g/mol. The monoisotopic (exact) mass is 489 g/mol. The van der Waals surface area contributed by atoms with Crippen molar-refractivity contribution < 1.29 is 14.3 Å². The Morgan fingerprint density at radius 2 is 1.89 bits per heavy atom. The van der Waals surface area contributed by atoms with Crippen molar-refractivity contribution in [1.29, 1.82) is 0 Å². The van der Waals surface area contributed by atoms with Crippen molar-refractivity contribution in [1.82, 2.24) is 29.5 Å². The molecule has 6 rings (SSSR count). The largest absolute Gasteiger partial charge is 0.454 e. The summed E-state index contributed by atoms with van der Waals surface area (Å²) in [6, 6.07) is 13.6. The number of aryl methyl sites for hydroxylation is 1. The number of benzene rings is 2. The standard InChI is InChI=1S/C23H16ClN7O4/c1-12-8-19(26-21(32)13-2-7-17-18(9-13)35-11-34-17)31(29-12)23-27-20-16(22(33)28-23)10-25-30(20)15-5-3-14(24)4-6-15/h2-10H,11H2,1H3,(H,26,32)(H,27,28,33). The van der Waals surface area contributed by atoms with Gasteiger partial charge >= 0.3 is 0 Å². The van der Waals surface area contributed by atoms with Crippen molar-refractivity contribution in [2.24, 2.45) is 0 Å². The molecule has 0 bridgehead atoms. The number of anilines is 1. The molecule has 2 N–H and O–H groups in total. The summed E-state index contributed by atoms with van der Waals surface area (Å²) in [6.07, 6.45) is 1.44. The van der Waals surface area contributed by atoms with Crippen LogP contribution in [0.2, 0.25) is 5.02 Å². The number of H-pyrrole nitrogens is 1. The molecule has 174 valence electrons. The molecule has 0 radical (unpaired) electrons. The van der Waals surface area contributed by atoms with Gasteiger partial charge in [-0.1, -0.05) is 11.6 Å². The summed E-state index contributed by atoms with van der Waals surface area (Å²) < 4.78 is 13.5. The highest BCUT2D eigenvalue weighted by Gasteiger charge is 2.20. The Morgan fingerprint density at radius 1 is 1.09 bits per heavy atom. The molecule has 1 aliphatic rings. The number of halogens is 1. The van der Waals surface area contributed by atoms with Crippen LogP contribution in [0.4, 0.5) is 5.82 Å². The van der Waals surface area contributed by atoms with Crippen LogP contribution in [-0.4, -0.2) is 42.2 Å². The Labute approximate surface area is 201 Å². The van der Waals surface area contributed by atoms with E-state index in [1.807, 2.05) is 0 Å². The van der Waals surface area contributed by atoms with E-state index in [9.17, 15) is 9.59 Å². The van der Waals surface area contributed by atoms with Gasteiger partial charge in [0.25, 0.3) is 11.5 Å². The molecule has 2 aromatic carbocycles. The maximum absolute atomic E-state index is 12.9. The van der Waals surface area contributed by atoms with E-state index in [1.54, 1.807) is 55.5 Å². The van der Waals surface area contributed by atoms with E-state index < -0.39 is 5.56 Å². The smallest absolute Gasteiger partial charge is 0.263 e. The maximum atomic E-state index is 12.9. The molecule has 3 aromatic heterocycles. The first-order valence-electron chi connectivity index (χ1n) is 10.5. The Balaban J connectivity index is 1.39. The topological polar surface area (TPSA) is 129 Å². The molecule has 0 saturated heterocycles. The molecule has 1 aliphatic heterocycles. The molecule has 0 unspecified atom stereocenters. The average Bonchev–Trinajstić information content (AvgIpc) is 3.57. The van der Waals surface area contributed by atoms with Gasteiger partial charge in [0.05, 0.1) is 17.6 Å². The molecule has 11 nitrogen and oxygen atoms in total. The number of nitrogens with one attached hydrogen (secondary N) is 2. The van der Waals surface area contributed by atoms with Gasteiger partial charge in [0, 0.05) is 16.7 Å². The van der Waals surface area contributed by atoms with Gasteiger partial charge in [0.1, 0.15) is 11.2 Å². The lowest BCUT2D eigenvalue weighted by Gasteiger charge is -2.09. The molecule has 4 heterocycles. The molecule has 1 amide bonds. The second kappa shape index (κ2) is 7.99. The fraction of sp³-hybridized carbons (Fsp3) is 0.0870. The normalized spacial score (nSPS) is 12.3. The lowest BCUT2D eigenvalue weighted by molar-refractivity contribution is 0.102. The van der Waals surface area contributed by atoms with Crippen molar-refractivity contribution >= 4 is 34.4 Å². The van der Waals surface area contributed by atoms with Gasteiger partial charge in [0.2, 0.25) is 12.7 Å². The van der Waals surface area contributed by atoms with Crippen LogP contribution < -0.4 is 20.3 Å². The van der Waals surface area contributed by atoms with E-state index in [-0.39, 0.29) is 18.6 Å². The number of rotatable bonds is 4. The molecule has 12 heteroatoms. The zero-order valence-electron chi connectivity index (χ0n) is 18.2. The van der Waals surface area contributed by atoms with E-state index >= 15 is 0 Å². The van der Waals surface area contributed by atoms with Crippen molar-refractivity contribution in [2.45, 2.75) is 6.92 Å². The number of fused-ring (bicyclic) bond motifs is 2. The fourth-order valence-electron chi connectivity index (χ4n) is 3.75. The van der Waals surface area contributed by atoms with Crippen LogP contribution in [0.25, 0.3) is 22.7 Å². The number of carbonyl (C=O) groups is 1. The number of hydrogen-bond acceptors (Lipinski definition) is 7. The van der Waals surface area contributed by atoms with Gasteiger partial charge in [-0.15, -0.1) is 0 Å². The van der Waals surface area contributed by atoms with Crippen molar-refractivity contribution in [3.63, 3.8) is 0 Å². The van der Waals surface area contributed by atoms with E-state index in [0.29, 0.717) is 50.3 Å². The van der Waals surface area contributed by atoms with Crippen LogP contribution in [0.1, 0.15) is 16.1 Å². The molecule has 35 heavy (non-hydrogen) atoms. The Morgan fingerprint density at radius 3 is 2.71 bits per heavy atom. The minimum Gasteiger partial charge on any atom is -0.454 e. The van der Waals surface area contributed by atoms with Gasteiger partial charge in [-0.25, -0.2) is 4.68 Å². The first-order chi connectivity index (χ1) is 17.0. The lowest BCUT2D eigenvalue weighted by atomic mass is 10.2. The SMILES string of the molecule is Cc1cc(NC(=O)c2ccc3c(c2)OCO3)n(-c2nc3c(cnn3-c3ccc(Cl)cc3)c(=O)[nH]2)n1. The van der Waals surface area contributed by atoms with E-state index in [4.69, 9.17) is 21.1 Å². The summed E-state index contributed by atoms with van der Waals surface area (Å²) in [4.78, 5) is 33.1. The molecule has 0 fully saturated rings. The Kier molecular flexibility index (Phi) is 4.78. The van der Waals surface area contributed by atoms with E-state index in [2.05, 4.69) is 25.5 Å². The first-order valence-corrected chi connectivity index (χ1v) is 10.9. The highest BCUT2D eigenvalue weighted by molar-refractivity contribution is 6.30. The molecule has 0 atom stereocenters. The first kappa shape index (κ1) is 20.9. The average molecular weight is 490 g/mol. The Hall–Kier alpha value is -4.64. The predicted molar refractivity (Wildman–Crippen MR) is 127 cm³/mol. The van der Waals surface area contributed by atoms with E-state index in [0.717, 1.165) is 0 Å².